The number of aliphatic hydroxyl groups is 1. The Hall–Kier alpha value is -0.0200. The van der Waals surface area contributed by atoms with Gasteiger partial charge in [-0.15, -0.1) is 0 Å². The van der Waals surface area contributed by atoms with Gasteiger partial charge in [-0.3, -0.25) is 4.99 Å². The third-order valence-corrected chi connectivity index (χ3v) is 3.07. The van der Waals surface area contributed by atoms with Gasteiger partial charge in [0, 0.05) is 18.0 Å². The largest absolute Gasteiger partial charge is 0.396 e. The van der Waals surface area contributed by atoms with Crippen LogP contribution in [0.5, 0.6) is 0 Å². The first-order valence-corrected chi connectivity index (χ1v) is 7.00. The number of nitrogens with zero attached hydrogens (tertiary/aromatic N) is 1. The van der Waals surface area contributed by atoms with Crippen LogP contribution < -0.4 is 0 Å². The molecular formula is C12H25NOS. The van der Waals surface area contributed by atoms with Gasteiger partial charge in [-0.1, -0.05) is 13.8 Å². The zero-order chi connectivity index (χ0) is 11.5. The van der Waals surface area contributed by atoms with Crippen LogP contribution in [-0.4, -0.2) is 35.5 Å². The van der Waals surface area contributed by atoms with Crippen molar-refractivity contribution in [3.05, 3.63) is 0 Å². The van der Waals surface area contributed by atoms with Crippen molar-refractivity contribution in [2.45, 2.75) is 40.0 Å². The van der Waals surface area contributed by atoms with E-state index >= 15 is 0 Å². The van der Waals surface area contributed by atoms with Crippen LogP contribution in [-0.2, 0) is 0 Å². The highest BCUT2D eigenvalue weighted by Gasteiger charge is 1.96. The van der Waals surface area contributed by atoms with Crippen molar-refractivity contribution in [2.75, 3.05) is 24.7 Å². The highest BCUT2D eigenvalue weighted by molar-refractivity contribution is 7.99. The van der Waals surface area contributed by atoms with Crippen LogP contribution >= 0.6 is 11.8 Å². The summed E-state index contributed by atoms with van der Waals surface area (Å²) in [5.74, 6) is 2.74. The topological polar surface area (TPSA) is 32.6 Å². The Morgan fingerprint density at radius 2 is 2.00 bits per heavy atom. The number of hydrogen-bond acceptors (Lipinski definition) is 3. The molecule has 0 bridgehead atoms. The van der Waals surface area contributed by atoms with Gasteiger partial charge in [0.1, 0.15) is 0 Å². The molecule has 1 N–H and O–H groups in total. The number of aliphatic imine (C=N–C) groups is 1. The summed E-state index contributed by atoms with van der Waals surface area (Å²) < 4.78 is 0. The Morgan fingerprint density at radius 1 is 1.27 bits per heavy atom. The van der Waals surface area contributed by atoms with Crippen molar-refractivity contribution in [1.29, 1.82) is 0 Å². The maximum atomic E-state index is 8.58. The molecule has 0 heterocycles. The molecule has 0 aliphatic heterocycles. The number of aliphatic hydroxyl groups excluding tert-OH is 1. The first-order valence-electron chi connectivity index (χ1n) is 5.85. The molecule has 3 heteroatoms. The first kappa shape index (κ1) is 15.0. The highest BCUT2D eigenvalue weighted by atomic mass is 32.2. The van der Waals surface area contributed by atoms with E-state index in [0.717, 1.165) is 24.5 Å². The van der Waals surface area contributed by atoms with Gasteiger partial charge in [0.2, 0.25) is 0 Å². The fraction of sp³-hybridized carbons (Fsp3) is 0.917. The van der Waals surface area contributed by atoms with Crippen LogP contribution in [0, 0.1) is 5.92 Å². The summed E-state index contributed by atoms with van der Waals surface area (Å²) in [6.45, 7) is 7.85. The fourth-order valence-electron chi connectivity index (χ4n) is 1.41. The van der Waals surface area contributed by atoms with E-state index in [-0.39, 0.29) is 0 Å². The molecule has 0 saturated carbocycles. The molecule has 0 aromatic heterocycles. The second kappa shape index (κ2) is 10.5. The maximum absolute atomic E-state index is 8.58. The van der Waals surface area contributed by atoms with Gasteiger partial charge in [-0.2, -0.15) is 11.8 Å². The number of rotatable bonds is 9. The molecule has 0 saturated heterocycles. The van der Waals surface area contributed by atoms with Gasteiger partial charge >= 0.3 is 0 Å². The smallest absolute Gasteiger partial charge is 0.0521 e. The minimum atomic E-state index is 0.302. The van der Waals surface area contributed by atoms with Crippen LogP contribution in [0.2, 0.25) is 0 Å². The van der Waals surface area contributed by atoms with Crippen LogP contribution in [0.3, 0.4) is 0 Å². The lowest BCUT2D eigenvalue weighted by molar-refractivity contribution is 0.322. The molecule has 0 aliphatic carbocycles. The van der Waals surface area contributed by atoms with Crippen molar-refractivity contribution < 1.29 is 5.11 Å². The van der Waals surface area contributed by atoms with Crippen molar-refractivity contribution in [1.82, 2.24) is 0 Å². The summed E-state index contributed by atoms with van der Waals surface area (Å²) in [4.78, 5) is 4.54. The molecule has 0 amide bonds. The molecule has 2 nitrogen and oxygen atoms in total. The van der Waals surface area contributed by atoms with Crippen molar-refractivity contribution in [2.24, 2.45) is 10.9 Å². The monoisotopic (exact) mass is 231 g/mol. The van der Waals surface area contributed by atoms with Crippen LogP contribution in [0.1, 0.15) is 40.0 Å². The zero-order valence-electron chi connectivity index (χ0n) is 10.3. The van der Waals surface area contributed by atoms with E-state index < -0.39 is 0 Å². The van der Waals surface area contributed by atoms with Gasteiger partial charge in [0.05, 0.1) is 6.61 Å². The second-order valence-electron chi connectivity index (χ2n) is 4.26. The molecule has 0 atom stereocenters. The van der Waals surface area contributed by atoms with Crippen molar-refractivity contribution in [3.63, 3.8) is 0 Å². The molecule has 0 radical (unpaired) electrons. The Morgan fingerprint density at radius 3 is 2.60 bits per heavy atom. The van der Waals surface area contributed by atoms with E-state index in [2.05, 4.69) is 25.8 Å². The Bertz CT molecular complexity index is 169. The quantitative estimate of drug-likeness (QED) is 0.489. The molecule has 15 heavy (non-hydrogen) atoms. The van der Waals surface area contributed by atoms with E-state index in [4.69, 9.17) is 5.11 Å². The minimum absolute atomic E-state index is 0.302. The summed E-state index contributed by atoms with van der Waals surface area (Å²) >= 11 is 1.82. The minimum Gasteiger partial charge on any atom is -0.396 e. The lowest BCUT2D eigenvalue weighted by Crippen LogP contribution is -1.99. The molecule has 0 aromatic carbocycles. The normalized spacial score (nSPS) is 12.5. The molecule has 0 aromatic rings. The van der Waals surface area contributed by atoms with E-state index in [1.54, 1.807) is 0 Å². The third-order valence-electron chi connectivity index (χ3n) is 2.02. The Labute approximate surface area is 98.6 Å². The van der Waals surface area contributed by atoms with E-state index in [9.17, 15) is 0 Å². The second-order valence-corrected chi connectivity index (χ2v) is 5.48. The predicted molar refractivity (Wildman–Crippen MR) is 71.1 cm³/mol. The molecule has 0 unspecified atom stereocenters. The van der Waals surface area contributed by atoms with Gasteiger partial charge in [0.15, 0.2) is 0 Å². The third kappa shape index (κ3) is 11.9. The predicted octanol–water partition coefficient (Wildman–Crippen LogP) is 3.00. The number of unbranched alkanes of at least 4 members (excludes halogenated alkanes) is 1. The van der Waals surface area contributed by atoms with Crippen LogP contribution in [0.15, 0.2) is 4.99 Å². The average Bonchev–Trinajstić information content (AvgIpc) is 2.15. The SMILES string of the molecule is CC(CC(C)C)=NCCCCSCCO. The fourth-order valence-corrected chi connectivity index (χ4v) is 2.15. The first-order chi connectivity index (χ1) is 7.16. The van der Waals surface area contributed by atoms with Crippen molar-refractivity contribution >= 4 is 17.5 Å². The number of hydrogen-bond donors (Lipinski definition) is 1. The van der Waals surface area contributed by atoms with Gasteiger partial charge in [-0.05, 0) is 37.9 Å². The maximum Gasteiger partial charge on any atom is 0.0521 e. The van der Waals surface area contributed by atoms with Gasteiger partial charge < -0.3 is 5.11 Å². The molecule has 90 valence electrons. The summed E-state index contributed by atoms with van der Waals surface area (Å²) in [6.07, 6.45) is 3.51. The van der Waals surface area contributed by atoms with E-state index in [0.29, 0.717) is 12.5 Å². The highest BCUT2D eigenvalue weighted by Crippen LogP contribution is 2.05. The summed E-state index contributed by atoms with van der Waals surface area (Å²) in [5, 5.41) is 8.58. The summed E-state index contributed by atoms with van der Waals surface area (Å²) in [7, 11) is 0. The lowest BCUT2D eigenvalue weighted by Gasteiger charge is -2.04. The van der Waals surface area contributed by atoms with Crippen molar-refractivity contribution in [3.8, 4) is 0 Å². The molecule has 0 rings (SSSR count). The zero-order valence-corrected chi connectivity index (χ0v) is 11.1. The lowest BCUT2D eigenvalue weighted by atomic mass is 10.1. The Balaban J connectivity index is 3.28. The Kier molecular flexibility index (Phi) is 10.5. The van der Waals surface area contributed by atoms with E-state index in [1.165, 1.54) is 18.6 Å². The van der Waals surface area contributed by atoms with Crippen LogP contribution in [0.25, 0.3) is 0 Å². The van der Waals surface area contributed by atoms with Gasteiger partial charge in [-0.25, -0.2) is 0 Å². The summed E-state index contributed by atoms with van der Waals surface area (Å²) in [6, 6.07) is 0. The summed E-state index contributed by atoms with van der Waals surface area (Å²) in [5.41, 5.74) is 1.29. The van der Waals surface area contributed by atoms with Gasteiger partial charge in [0.25, 0.3) is 0 Å². The number of thioether (sulfide) groups is 1. The standard InChI is InChI=1S/C12H25NOS/c1-11(2)10-12(3)13-6-4-5-8-15-9-7-14/h11,14H,4-10H2,1-3H3. The molecular weight excluding hydrogens is 206 g/mol. The van der Waals surface area contributed by atoms with E-state index in [1.807, 2.05) is 11.8 Å². The molecule has 0 spiro atoms. The average molecular weight is 231 g/mol. The molecule has 0 fully saturated rings. The van der Waals surface area contributed by atoms with Crippen LogP contribution in [0.4, 0.5) is 0 Å². The molecule has 0 aliphatic rings.